The Morgan fingerprint density at radius 3 is 2.62 bits per heavy atom. The maximum Gasteiger partial charge on any atom is 0.323 e. The van der Waals surface area contributed by atoms with Gasteiger partial charge in [-0.15, -0.1) is 0 Å². The van der Waals surface area contributed by atoms with Crippen molar-refractivity contribution in [1.29, 1.82) is 0 Å². The number of fused-ring (bicyclic) bond motifs is 1. The second kappa shape index (κ2) is 5.48. The molecule has 0 bridgehead atoms. The van der Waals surface area contributed by atoms with Gasteiger partial charge in [0.15, 0.2) is 0 Å². The molecule has 108 valence electrons. The minimum absolute atomic E-state index is 0.0348. The van der Waals surface area contributed by atoms with Gasteiger partial charge in [0.05, 0.1) is 11.4 Å². The van der Waals surface area contributed by atoms with Gasteiger partial charge in [0.1, 0.15) is 6.54 Å². The summed E-state index contributed by atoms with van der Waals surface area (Å²) in [6.45, 7) is 0.643. The molecule has 2 aromatic carbocycles. The summed E-state index contributed by atoms with van der Waals surface area (Å²) in [6, 6.07) is 15.7. The lowest BCUT2D eigenvalue weighted by Crippen LogP contribution is -2.37. The van der Waals surface area contributed by atoms with Crippen molar-refractivity contribution in [2.75, 3.05) is 23.7 Å². The van der Waals surface area contributed by atoms with Gasteiger partial charge in [0.25, 0.3) is 0 Å². The van der Waals surface area contributed by atoms with Crippen LogP contribution < -0.4 is 10.6 Å². The van der Waals surface area contributed by atoms with Gasteiger partial charge in [-0.3, -0.25) is 4.79 Å². The maximum atomic E-state index is 11.1. The Morgan fingerprint density at radius 2 is 1.90 bits per heavy atom. The van der Waals surface area contributed by atoms with E-state index < -0.39 is 5.97 Å². The summed E-state index contributed by atoms with van der Waals surface area (Å²) in [5, 5.41) is 9.15. The molecule has 3 N–H and O–H groups in total. The molecule has 0 heterocycles. The third-order valence-corrected chi connectivity index (χ3v) is 4.01. The largest absolute Gasteiger partial charge is 0.480 e. The SMILES string of the molecule is Nc1ccccc1N(CC(=O)O)CC1Cc2ccccc21. The lowest BCUT2D eigenvalue weighted by atomic mass is 9.77. The lowest BCUT2D eigenvalue weighted by Gasteiger charge is -2.35. The normalized spacial score (nSPS) is 15.9. The van der Waals surface area contributed by atoms with E-state index in [1.165, 1.54) is 11.1 Å². The number of carboxylic acid groups (broad SMARTS) is 1. The zero-order valence-electron chi connectivity index (χ0n) is 11.7. The van der Waals surface area contributed by atoms with Crippen molar-refractivity contribution < 1.29 is 9.90 Å². The molecule has 1 atom stereocenters. The van der Waals surface area contributed by atoms with Crippen LogP contribution in [-0.2, 0) is 11.2 Å². The Balaban J connectivity index is 1.82. The Morgan fingerprint density at radius 1 is 1.19 bits per heavy atom. The highest BCUT2D eigenvalue weighted by Crippen LogP contribution is 2.36. The molecule has 0 radical (unpaired) electrons. The Hall–Kier alpha value is -2.49. The topological polar surface area (TPSA) is 66.6 Å². The highest BCUT2D eigenvalue weighted by Gasteiger charge is 2.28. The van der Waals surface area contributed by atoms with Gasteiger partial charge in [-0.1, -0.05) is 36.4 Å². The van der Waals surface area contributed by atoms with Crippen LogP contribution in [0.15, 0.2) is 48.5 Å². The second-order valence-corrected chi connectivity index (χ2v) is 5.43. The zero-order chi connectivity index (χ0) is 14.8. The number of nitrogen functional groups attached to an aromatic ring is 1. The van der Waals surface area contributed by atoms with Crippen LogP contribution in [-0.4, -0.2) is 24.2 Å². The summed E-state index contributed by atoms with van der Waals surface area (Å²) < 4.78 is 0. The molecule has 0 spiro atoms. The molecule has 21 heavy (non-hydrogen) atoms. The van der Waals surface area contributed by atoms with E-state index in [1.54, 1.807) is 6.07 Å². The lowest BCUT2D eigenvalue weighted by molar-refractivity contribution is -0.135. The molecule has 0 aliphatic heterocycles. The number of aliphatic carboxylic acids is 1. The van der Waals surface area contributed by atoms with Gasteiger partial charge in [-0.05, 0) is 29.7 Å². The molecular weight excluding hydrogens is 264 g/mol. The molecular formula is C17H18N2O2. The molecule has 0 fully saturated rings. The number of carboxylic acids is 1. The molecule has 1 unspecified atom stereocenters. The molecule has 0 aromatic heterocycles. The average molecular weight is 282 g/mol. The molecule has 0 saturated carbocycles. The van der Waals surface area contributed by atoms with E-state index in [1.807, 2.05) is 35.2 Å². The first-order chi connectivity index (χ1) is 10.1. The van der Waals surface area contributed by atoms with Gasteiger partial charge >= 0.3 is 5.97 Å². The highest BCUT2D eigenvalue weighted by atomic mass is 16.4. The molecule has 0 amide bonds. The number of hydrogen-bond acceptors (Lipinski definition) is 3. The number of rotatable bonds is 5. The molecule has 0 saturated heterocycles. The Bertz CT molecular complexity index is 669. The molecule has 3 rings (SSSR count). The van der Waals surface area contributed by atoms with Crippen molar-refractivity contribution in [1.82, 2.24) is 0 Å². The summed E-state index contributed by atoms with van der Waals surface area (Å²) in [4.78, 5) is 13.0. The van der Waals surface area contributed by atoms with Crippen LogP contribution in [0, 0.1) is 0 Å². The third kappa shape index (κ3) is 2.70. The standard InChI is InChI=1S/C17H18N2O2/c18-15-7-3-4-8-16(15)19(11-17(20)21)10-13-9-12-5-1-2-6-14(12)13/h1-8,13H,9-11,18H2,(H,20,21). The fraction of sp³-hybridized carbons (Fsp3) is 0.235. The number of benzene rings is 2. The van der Waals surface area contributed by atoms with Crippen LogP contribution in [0.5, 0.6) is 0 Å². The zero-order valence-corrected chi connectivity index (χ0v) is 11.7. The number of carbonyl (C=O) groups is 1. The molecule has 4 nitrogen and oxygen atoms in total. The van der Waals surface area contributed by atoms with Gasteiger partial charge in [0.2, 0.25) is 0 Å². The van der Waals surface area contributed by atoms with E-state index in [0.29, 0.717) is 18.2 Å². The van der Waals surface area contributed by atoms with Crippen LogP contribution in [0.4, 0.5) is 11.4 Å². The smallest absolute Gasteiger partial charge is 0.323 e. The monoisotopic (exact) mass is 282 g/mol. The fourth-order valence-corrected chi connectivity index (χ4v) is 2.98. The van der Waals surface area contributed by atoms with E-state index in [9.17, 15) is 4.79 Å². The summed E-state index contributed by atoms with van der Waals surface area (Å²) in [7, 11) is 0. The maximum absolute atomic E-state index is 11.1. The van der Waals surface area contributed by atoms with Crippen molar-refractivity contribution in [2.45, 2.75) is 12.3 Å². The quantitative estimate of drug-likeness (QED) is 0.827. The highest BCUT2D eigenvalue weighted by molar-refractivity contribution is 5.77. The summed E-state index contributed by atoms with van der Waals surface area (Å²) in [6.07, 6.45) is 0.999. The van der Waals surface area contributed by atoms with Crippen molar-refractivity contribution in [3.05, 3.63) is 59.7 Å². The van der Waals surface area contributed by atoms with Gasteiger partial charge in [-0.25, -0.2) is 0 Å². The molecule has 1 aliphatic carbocycles. The van der Waals surface area contributed by atoms with E-state index in [4.69, 9.17) is 10.8 Å². The van der Waals surface area contributed by atoms with Crippen LogP contribution in [0.3, 0.4) is 0 Å². The minimum Gasteiger partial charge on any atom is -0.480 e. The van der Waals surface area contributed by atoms with Crippen LogP contribution in [0.25, 0.3) is 0 Å². The Labute approximate surface area is 123 Å². The predicted octanol–water partition coefficient (Wildman–Crippen LogP) is 2.50. The average Bonchev–Trinajstić information content (AvgIpc) is 2.44. The predicted molar refractivity (Wildman–Crippen MR) is 83.6 cm³/mol. The van der Waals surface area contributed by atoms with Crippen molar-refractivity contribution in [3.8, 4) is 0 Å². The van der Waals surface area contributed by atoms with Crippen LogP contribution >= 0.6 is 0 Å². The number of para-hydroxylation sites is 2. The van der Waals surface area contributed by atoms with Crippen molar-refractivity contribution in [2.24, 2.45) is 0 Å². The number of anilines is 2. The van der Waals surface area contributed by atoms with Crippen LogP contribution in [0.2, 0.25) is 0 Å². The van der Waals surface area contributed by atoms with E-state index in [2.05, 4.69) is 12.1 Å². The summed E-state index contributed by atoms with van der Waals surface area (Å²) >= 11 is 0. The third-order valence-electron chi connectivity index (χ3n) is 4.01. The second-order valence-electron chi connectivity index (χ2n) is 5.43. The van der Waals surface area contributed by atoms with Crippen LogP contribution in [0.1, 0.15) is 17.0 Å². The first-order valence-corrected chi connectivity index (χ1v) is 7.04. The Kier molecular flexibility index (Phi) is 3.52. The number of nitrogens with zero attached hydrogens (tertiary/aromatic N) is 1. The number of nitrogens with two attached hydrogens (primary N) is 1. The summed E-state index contributed by atoms with van der Waals surface area (Å²) in [5.41, 5.74) is 10.1. The minimum atomic E-state index is -0.842. The van der Waals surface area contributed by atoms with Gasteiger partial charge in [-0.2, -0.15) is 0 Å². The molecule has 1 aliphatic rings. The summed E-state index contributed by atoms with van der Waals surface area (Å²) in [5.74, 6) is -0.467. The van der Waals surface area contributed by atoms with Crippen molar-refractivity contribution in [3.63, 3.8) is 0 Å². The van der Waals surface area contributed by atoms with Gasteiger partial charge in [0, 0.05) is 12.5 Å². The molecule has 2 aromatic rings. The first kappa shape index (κ1) is 13.5. The van der Waals surface area contributed by atoms with Crippen molar-refractivity contribution >= 4 is 17.3 Å². The number of hydrogen-bond donors (Lipinski definition) is 2. The first-order valence-electron chi connectivity index (χ1n) is 7.04. The van der Waals surface area contributed by atoms with E-state index in [-0.39, 0.29) is 6.54 Å². The fourth-order valence-electron chi connectivity index (χ4n) is 2.98. The van der Waals surface area contributed by atoms with E-state index in [0.717, 1.165) is 12.1 Å². The molecule has 4 heteroatoms. The van der Waals surface area contributed by atoms with Gasteiger partial charge < -0.3 is 15.7 Å². The van der Waals surface area contributed by atoms with E-state index >= 15 is 0 Å².